The lowest BCUT2D eigenvalue weighted by Gasteiger charge is -2.40. The number of hydrogen-bond donors (Lipinski definition) is 1. The van der Waals surface area contributed by atoms with E-state index < -0.39 is 0 Å². The van der Waals surface area contributed by atoms with Crippen LogP contribution in [0.2, 0.25) is 0 Å². The molecule has 0 bridgehead atoms. The Bertz CT molecular complexity index is 1250. The van der Waals surface area contributed by atoms with Gasteiger partial charge in [0, 0.05) is 38.3 Å². The van der Waals surface area contributed by atoms with Crippen LogP contribution in [-0.4, -0.2) is 57.4 Å². The van der Waals surface area contributed by atoms with Crippen molar-refractivity contribution >= 4 is 22.0 Å². The molecule has 2 aromatic heterocycles. The van der Waals surface area contributed by atoms with Gasteiger partial charge in [0.1, 0.15) is 11.6 Å². The van der Waals surface area contributed by atoms with E-state index >= 15 is 0 Å². The van der Waals surface area contributed by atoms with Crippen molar-refractivity contribution in [2.24, 2.45) is 0 Å². The van der Waals surface area contributed by atoms with E-state index in [1.165, 1.54) is 23.5 Å². The van der Waals surface area contributed by atoms with Crippen LogP contribution in [0.25, 0.3) is 4.96 Å². The van der Waals surface area contributed by atoms with Crippen LogP contribution >= 0.6 is 11.3 Å². The second-order valence-corrected chi connectivity index (χ2v) is 9.28. The summed E-state index contributed by atoms with van der Waals surface area (Å²) in [6, 6.07) is 14.6. The summed E-state index contributed by atoms with van der Waals surface area (Å²) in [4.78, 5) is 10.7. The third-order valence-corrected chi connectivity index (χ3v) is 7.26. The van der Waals surface area contributed by atoms with Crippen molar-refractivity contribution < 1.29 is 14.2 Å². The molecule has 9 heteroatoms. The zero-order valence-electron chi connectivity index (χ0n) is 19.3. The zero-order chi connectivity index (χ0) is 23.7. The third kappa shape index (κ3) is 4.33. The number of nitrogens with zero attached hydrogens (tertiary/aromatic N) is 5. The fraction of sp³-hybridized carbons (Fsp3) is 0.360. The molecule has 0 saturated carbocycles. The highest BCUT2D eigenvalue weighted by Crippen LogP contribution is 2.40. The molecule has 2 aromatic carbocycles. The van der Waals surface area contributed by atoms with Gasteiger partial charge in [-0.05, 0) is 48.9 Å². The molecule has 178 valence electrons. The first-order valence-corrected chi connectivity index (χ1v) is 12.4. The van der Waals surface area contributed by atoms with Crippen LogP contribution in [0.1, 0.15) is 36.2 Å². The molecule has 1 N–H and O–H groups in total. The molecule has 0 radical (unpaired) electrons. The second-order valence-electron chi connectivity index (χ2n) is 8.27. The van der Waals surface area contributed by atoms with Gasteiger partial charge < -0.3 is 14.7 Å². The van der Waals surface area contributed by atoms with Crippen LogP contribution in [0, 0.1) is 5.82 Å². The maximum Gasteiger partial charge on any atom is 0.230 e. The minimum Gasteiger partial charge on any atom is -0.494 e. The molecule has 34 heavy (non-hydrogen) atoms. The van der Waals surface area contributed by atoms with Crippen LogP contribution in [0.5, 0.6) is 11.6 Å². The molecule has 0 unspecified atom stereocenters. The fourth-order valence-electron chi connectivity index (χ4n) is 4.45. The number of fused-ring (bicyclic) bond motifs is 1. The lowest BCUT2D eigenvalue weighted by Crippen LogP contribution is -2.47. The van der Waals surface area contributed by atoms with E-state index in [0.717, 1.165) is 60.3 Å². The van der Waals surface area contributed by atoms with Gasteiger partial charge in [0.2, 0.25) is 10.8 Å². The Labute approximate surface area is 202 Å². The predicted molar refractivity (Wildman–Crippen MR) is 132 cm³/mol. The Morgan fingerprint density at radius 3 is 2.35 bits per heavy atom. The zero-order valence-corrected chi connectivity index (χ0v) is 20.1. The van der Waals surface area contributed by atoms with E-state index in [0.29, 0.717) is 11.6 Å². The lowest BCUT2D eigenvalue weighted by atomic mass is 10.0. The minimum absolute atomic E-state index is 0.135. The summed E-state index contributed by atoms with van der Waals surface area (Å²) in [5, 5.41) is 15.6. The molecule has 0 aliphatic carbocycles. The van der Waals surface area contributed by atoms with E-state index in [4.69, 9.17) is 4.74 Å². The summed E-state index contributed by atoms with van der Waals surface area (Å²) in [7, 11) is 0. The molecule has 5 rings (SSSR count). The molecule has 1 saturated heterocycles. The highest BCUT2D eigenvalue weighted by Gasteiger charge is 2.32. The summed E-state index contributed by atoms with van der Waals surface area (Å²) in [5.74, 6) is 1.47. The number of aromatic hydroxyl groups is 1. The Kier molecular flexibility index (Phi) is 6.38. The molecule has 1 aliphatic rings. The van der Waals surface area contributed by atoms with E-state index in [1.807, 2.05) is 38.1 Å². The van der Waals surface area contributed by atoms with Crippen LogP contribution in [0.3, 0.4) is 0 Å². The quantitative estimate of drug-likeness (QED) is 0.419. The van der Waals surface area contributed by atoms with Crippen LogP contribution in [0.4, 0.5) is 10.1 Å². The first-order chi connectivity index (χ1) is 16.6. The summed E-state index contributed by atoms with van der Waals surface area (Å²) >= 11 is 1.48. The van der Waals surface area contributed by atoms with E-state index in [9.17, 15) is 9.50 Å². The van der Waals surface area contributed by atoms with Crippen molar-refractivity contribution in [1.82, 2.24) is 19.5 Å². The van der Waals surface area contributed by atoms with Gasteiger partial charge in [-0.3, -0.25) is 4.90 Å². The first-order valence-electron chi connectivity index (χ1n) is 11.6. The summed E-state index contributed by atoms with van der Waals surface area (Å²) in [6.45, 7) is 7.78. The van der Waals surface area contributed by atoms with Crippen LogP contribution < -0.4 is 9.64 Å². The molecule has 1 atom stereocenters. The summed E-state index contributed by atoms with van der Waals surface area (Å²) in [6.07, 6.45) is 0.719. The minimum atomic E-state index is -0.226. The average Bonchev–Trinajstić information content (AvgIpc) is 3.40. The number of ether oxygens (including phenoxy) is 1. The molecule has 3 heterocycles. The Morgan fingerprint density at radius 2 is 1.74 bits per heavy atom. The van der Waals surface area contributed by atoms with Gasteiger partial charge in [0.05, 0.1) is 17.5 Å². The SMILES string of the molecule is CCOc1ccc([C@H](c2sc3nc(CC)nn3c2O)N2CCN(c3ccc(F)cc3)CC2)cc1. The Hall–Kier alpha value is -3.17. The number of thiazole rings is 1. The van der Waals surface area contributed by atoms with Gasteiger partial charge >= 0.3 is 0 Å². The molecular formula is C25H28FN5O2S. The number of aromatic nitrogens is 3. The van der Waals surface area contributed by atoms with Crippen molar-refractivity contribution in [2.45, 2.75) is 26.3 Å². The highest BCUT2D eigenvalue weighted by atomic mass is 32.1. The normalized spacial score (nSPS) is 15.7. The molecule has 7 nitrogen and oxygen atoms in total. The number of hydrogen-bond acceptors (Lipinski definition) is 7. The second kappa shape index (κ2) is 9.60. The highest BCUT2D eigenvalue weighted by molar-refractivity contribution is 7.17. The van der Waals surface area contributed by atoms with Crippen LogP contribution in [0.15, 0.2) is 48.5 Å². The number of benzene rings is 2. The summed E-state index contributed by atoms with van der Waals surface area (Å²) < 4.78 is 20.5. The van der Waals surface area contributed by atoms with Crippen molar-refractivity contribution in [2.75, 3.05) is 37.7 Å². The van der Waals surface area contributed by atoms with Gasteiger partial charge in [0.15, 0.2) is 5.82 Å². The maximum absolute atomic E-state index is 13.4. The number of halogens is 1. The van der Waals surface area contributed by atoms with Gasteiger partial charge in [-0.25, -0.2) is 9.37 Å². The Balaban J connectivity index is 1.45. The first kappa shape index (κ1) is 22.6. The summed E-state index contributed by atoms with van der Waals surface area (Å²) in [5.41, 5.74) is 2.10. The molecule has 1 fully saturated rings. The largest absolute Gasteiger partial charge is 0.494 e. The molecular weight excluding hydrogens is 453 g/mol. The van der Waals surface area contributed by atoms with Crippen molar-refractivity contribution in [3.05, 3.63) is 70.6 Å². The maximum atomic E-state index is 13.4. The standard InChI is InChI=1S/C25H28FN5O2S/c1-3-21-27-25-31(28-21)24(32)23(34-25)22(17-5-11-20(12-6-17)33-4-2)30-15-13-29(14-16-30)19-9-7-18(26)8-10-19/h5-12,22,32H,3-4,13-16H2,1-2H3/t22-/m1/s1. The average molecular weight is 482 g/mol. The molecule has 0 spiro atoms. The number of piperazine rings is 1. The van der Waals surface area contributed by atoms with Gasteiger partial charge in [-0.2, -0.15) is 4.52 Å². The Morgan fingerprint density at radius 1 is 1.03 bits per heavy atom. The monoisotopic (exact) mass is 481 g/mol. The third-order valence-electron chi connectivity index (χ3n) is 6.19. The number of anilines is 1. The smallest absolute Gasteiger partial charge is 0.230 e. The lowest BCUT2D eigenvalue weighted by molar-refractivity contribution is 0.211. The van der Waals surface area contributed by atoms with Gasteiger partial charge in [0.25, 0.3) is 0 Å². The molecule has 0 amide bonds. The fourth-order valence-corrected chi connectivity index (χ4v) is 5.59. The predicted octanol–water partition coefficient (Wildman–Crippen LogP) is 4.51. The number of aryl methyl sites for hydroxylation is 1. The van der Waals surface area contributed by atoms with Gasteiger partial charge in [-0.1, -0.05) is 30.4 Å². The van der Waals surface area contributed by atoms with E-state index in [2.05, 4.69) is 32.0 Å². The molecule has 4 aromatic rings. The van der Waals surface area contributed by atoms with Crippen molar-refractivity contribution in [3.63, 3.8) is 0 Å². The topological polar surface area (TPSA) is 66.1 Å². The number of rotatable bonds is 7. The van der Waals surface area contributed by atoms with E-state index in [1.54, 1.807) is 4.52 Å². The van der Waals surface area contributed by atoms with Crippen molar-refractivity contribution in [1.29, 1.82) is 0 Å². The molecule has 1 aliphatic heterocycles. The van der Waals surface area contributed by atoms with E-state index in [-0.39, 0.29) is 17.7 Å². The van der Waals surface area contributed by atoms with Gasteiger partial charge in [-0.15, -0.1) is 5.10 Å². The van der Waals surface area contributed by atoms with Crippen molar-refractivity contribution in [3.8, 4) is 11.6 Å². The van der Waals surface area contributed by atoms with Crippen LogP contribution in [-0.2, 0) is 6.42 Å².